The van der Waals surface area contributed by atoms with Crippen LogP contribution in [0.2, 0.25) is 0 Å². The average Bonchev–Trinajstić information content (AvgIpc) is 3.12. The fourth-order valence-corrected chi connectivity index (χ4v) is 4.54. The number of likely N-dealkylation sites (tertiary alicyclic amines) is 1. The minimum Gasteiger partial charge on any atom is -0.462 e. The first-order valence-corrected chi connectivity index (χ1v) is 11.5. The molecule has 0 N–H and O–H groups in total. The molecule has 2 fully saturated rings. The number of hydrogen-bond donors (Lipinski definition) is 0. The second-order valence-corrected chi connectivity index (χ2v) is 8.45. The third kappa shape index (κ3) is 5.93. The monoisotopic (exact) mass is 477 g/mol. The first-order chi connectivity index (χ1) is 15.6. The van der Waals surface area contributed by atoms with Crippen LogP contribution in [0.25, 0.3) is 0 Å². The minimum atomic E-state index is -0.423. The molecular formula is C24H32ClN3O5. The van der Waals surface area contributed by atoms with Crippen molar-refractivity contribution in [2.24, 2.45) is 5.92 Å². The number of rotatable bonds is 7. The number of nitrogens with zero attached hydrogens (tertiary/aromatic N) is 3. The Morgan fingerprint density at radius 2 is 1.73 bits per heavy atom. The van der Waals surface area contributed by atoms with Crippen molar-refractivity contribution in [1.82, 2.24) is 9.80 Å². The summed E-state index contributed by atoms with van der Waals surface area (Å²) in [6, 6.07) is 6.37. The predicted octanol–water partition coefficient (Wildman–Crippen LogP) is 2.48. The number of carbonyl (C=O) groups is 3. The predicted molar refractivity (Wildman–Crippen MR) is 126 cm³/mol. The summed E-state index contributed by atoms with van der Waals surface area (Å²) in [5.74, 6) is -0.421. The van der Waals surface area contributed by atoms with Gasteiger partial charge < -0.3 is 14.4 Å². The number of imide groups is 1. The second-order valence-electron chi connectivity index (χ2n) is 8.45. The maximum absolute atomic E-state index is 13.0. The molecule has 4 rings (SSSR count). The Morgan fingerprint density at radius 1 is 1.06 bits per heavy atom. The van der Waals surface area contributed by atoms with Gasteiger partial charge >= 0.3 is 5.97 Å². The average molecular weight is 478 g/mol. The van der Waals surface area contributed by atoms with Crippen LogP contribution in [0.5, 0.6) is 0 Å². The van der Waals surface area contributed by atoms with E-state index in [0.29, 0.717) is 29.5 Å². The number of amides is 2. The van der Waals surface area contributed by atoms with Crippen molar-refractivity contribution in [3.05, 3.63) is 41.6 Å². The summed E-state index contributed by atoms with van der Waals surface area (Å²) >= 11 is 0. The normalized spacial score (nSPS) is 20.0. The van der Waals surface area contributed by atoms with Crippen molar-refractivity contribution in [1.29, 1.82) is 0 Å². The van der Waals surface area contributed by atoms with Crippen LogP contribution in [0.4, 0.5) is 5.69 Å². The lowest BCUT2D eigenvalue weighted by Gasteiger charge is -2.35. The van der Waals surface area contributed by atoms with Crippen LogP contribution < -0.4 is 4.90 Å². The lowest BCUT2D eigenvalue weighted by atomic mass is 9.93. The molecule has 180 valence electrons. The quantitative estimate of drug-likeness (QED) is 0.441. The number of piperidine rings is 1. The Labute approximate surface area is 200 Å². The summed E-state index contributed by atoms with van der Waals surface area (Å²) in [7, 11) is 0. The van der Waals surface area contributed by atoms with Gasteiger partial charge in [-0.2, -0.15) is 0 Å². The summed E-state index contributed by atoms with van der Waals surface area (Å²) in [6.45, 7) is 8.38. The van der Waals surface area contributed by atoms with Gasteiger partial charge in [0.1, 0.15) is 5.70 Å². The van der Waals surface area contributed by atoms with Crippen molar-refractivity contribution < 1.29 is 23.9 Å². The van der Waals surface area contributed by atoms with E-state index in [1.165, 1.54) is 17.4 Å². The molecule has 9 heteroatoms. The molecule has 0 aliphatic carbocycles. The molecule has 2 amide bonds. The number of benzene rings is 1. The van der Waals surface area contributed by atoms with Crippen molar-refractivity contribution >= 4 is 35.9 Å². The van der Waals surface area contributed by atoms with E-state index in [9.17, 15) is 14.4 Å². The molecule has 33 heavy (non-hydrogen) atoms. The number of esters is 1. The fourth-order valence-electron chi connectivity index (χ4n) is 4.54. The summed E-state index contributed by atoms with van der Waals surface area (Å²) in [6.07, 6.45) is 4.66. The minimum absolute atomic E-state index is 0. The zero-order valence-corrected chi connectivity index (χ0v) is 19.8. The molecule has 0 radical (unpaired) electrons. The first-order valence-electron chi connectivity index (χ1n) is 11.5. The Hall–Kier alpha value is -2.42. The molecule has 3 heterocycles. The van der Waals surface area contributed by atoms with Gasteiger partial charge in [0.25, 0.3) is 11.8 Å². The molecule has 0 unspecified atom stereocenters. The third-order valence-corrected chi connectivity index (χ3v) is 6.45. The Kier molecular flexibility index (Phi) is 8.88. The van der Waals surface area contributed by atoms with Crippen LogP contribution in [-0.4, -0.2) is 80.1 Å². The molecule has 3 aliphatic rings. The second kappa shape index (κ2) is 11.6. The van der Waals surface area contributed by atoms with Crippen molar-refractivity contribution in [2.45, 2.75) is 26.2 Å². The highest BCUT2D eigenvalue weighted by molar-refractivity contribution is 6.30. The van der Waals surface area contributed by atoms with Gasteiger partial charge in [-0.15, -0.1) is 12.4 Å². The van der Waals surface area contributed by atoms with Gasteiger partial charge in [0.2, 0.25) is 0 Å². The maximum Gasteiger partial charge on any atom is 0.338 e. The molecule has 0 bridgehead atoms. The van der Waals surface area contributed by atoms with Crippen LogP contribution in [0.1, 0.15) is 36.5 Å². The molecule has 1 aromatic rings. The standard InChI is InChI=1S/C24H31N3O5.ClH/c1-2-32-24(30)19-3-5-20(6-4-19)27-22(28)17-21(23(27)29)26-11-8-18(9-12-26)7-10-25-13-15-31-16-14-25;/h3-6,17-18H,2,7-16H2,1H3;1H. The van der Waals surface area contributed by atoms with Crippen LogP contribution in [0.3, 0.4) is 0 Å². The number of carbonyl (C=O) groups excluding carboxylic acids is 3. The van der Waals surface area contributed by atoms with E-state index < -0.39 is 5.97 Å². The Morgan fingerprint density at radius 3 is 2.36 bits per heavy atom. The van der Waals surface area contributed by atoms with E-state index in [2.05, 4.69) is 4.90 Å². The van der Waals surface area contributed by atoms with E-state index in [4.69, 9.17) is 9.47 Å². The van der Waals surface area contributed by atoms with Gasteiger partial charge in [-0.1, -0.05) is 0 Å². The van der Waals surface area contributed by atoms with Gasteiger partial charge in [-0.05, 0) is 62.9 Å². The number of ether oxygens (including phenoxy) is 2. The lowest BCUT2D eigenvalue weighted by molar-refractivity contribution is -0.121. The van der Waals surface area contributed by atoms with E-state index in [0.717, 1.165) is 58.8 Å². The summed E-state index contributed by atoms with van der Waals surface area (Å²) in [5, 5.41) is 0. The number of halogens is 1. The van der Waals surface area contributed by atoms with Gasteiger partial charge in [0.05, 0.1) is 31.1 Å². The molecule has 0 spiro atoms. The van der Waals surface area contributed by atoms with Crippen LogP contribution in [0, 0.1) is 5.92 Å². The van der Waals surface area contributed by atoms with Crippen LogP contribution in [0.15, 0.2) is 36.0 Å². The molecular weight excluding hydrogens is 446 g/mol. The molecule has 1 aromatic carbocycles. The highest BCUT2D eigenvalue weighted by Crippen LogP contribution is 2.29. The number of anilines is 1. The summed E-state index contributed by atoms with van der Waals surface area (Å²) in [4.78, 5) is 43.1. The topological polar surface area (TPSA) is 79.4 Å². The van der Waals surface area contributed by atoms with Crippen LogP contribution >= 0.6 is 12.4 Å². The van der Waals surface area contributed by atoms with Crippen LogP contribution in [-0.2, 0) is 19.1 Å². The third-order valence-electron chi connectivity index (χ3n) is 6.45. The van der Waals surface area contributed by atoms with Gasteiger partial charge in [0, 0.05) is 32.3 Å². The smallest absolute Gasteiger partial charge is 0.338 e. The zero-order chi connectivity index (χ0) is 22.5. The van der Waals surface area contributed by atoms with Gasteiger partial charge in [-0.3, -0.25) is 14.5 Å². The zero-order valence-electron chi connectivity index (χ0n) is 19.0. The summed E-state index contributed by atoms with van der Waals surface area (Å²) in [5.41, 5.74) is 1.32. The lowest BCUT2D eigenvalue weighted by Crippen LogP contribution is -2.40. The summed E-state index contributed by atoms with van der Waals surface area (Å²) < 4.78 is 10.4. The molecule has 3 aliphatic heterocycles. The largest absolute Gasteiger partial charge is 0.462 e. The molecule has 0 atom stereocenters. The van der Waals surface area contributed by atoms with E-state index in [-0.39, 0.29) is 24.2 Å². The van der Waals surface area contributed by atoms with Gasteiger partial charge in [0.15, 0.2) is 0 Å². The number of hydrogen-bond acceptors (Lipinski definition) is 7. The Bertz CT molecular complexity index is 875. The van der Waals surface area contributed by atoms with E-state index in [1.807, 2.05) is 4.90 Å². The SMILES string of the molecule is CCOC(=O)c1ccc(N2C(=O)C=C(N3CCC(CCN4CCOCC4)CC3)C2=O)cc1.Cl. The maximum atomic E-state index is 13.0. The molecule has 2 saturated heterocycles. The fraction of sp³-hybridized carbons (Fsp3) is 0.542. The van der Waals surface area contributed by atoms with E-state index in [1.54, 1.807) is 31.2 Å². The van der Waals surface area contributed by atoms with Crippen molar-refractivity contribution in [3.8, 4) is 0 Å². The van der Waals surface area contributed by atoms with Crippen molar-refractivity contribution in [2.75, 3.05) is 57.4 Å². The molecule has 0 aromatic heterocycles. The first kappa shape index (κ1) is 25.2. The van der Waals surface area contributed by atoms with Crippen molar-refractivity contribution in [3.63, 3.8) is 0 Å². The molecule has 0 saturated carbocycles. The van der Waals surface area contributed by atoms with Gasteiger partial charge in [-0.25, -0.2) is 9.69 Å². The Balaban J connectivity index is 0.00000306. The highest BCUT2D eigenvalue weighted by atomic mass is 35.5. The molecule has 8 nitrogen and oxygen atoms in total. The number of morpholine rings is 1. The highest BCUT2D eigenvalue weighted by Gasteiger charge is 2.36. The van der Waals surface area contributed by atoms with E-state index >= 15 is 0 Å².